The third-order valence-corrected chi connectivity index (χ3v) is 2.24. The summed E-state index contributed by atoms with van der Waals surface area (Å²) < 4.78 is 29.8. The quantitative estimate of drug-likeness (QED) is 0.268. The third kappa shape index (κ3) is 3.03. The molecule has 0 fully saturated rings. The number of nitro groups is 1. The van der Waals surface area contributed by atoms with Gasteiger partial charge in [0.25, 0.3) is 5.69 Å². The fourth-order valence-electron chi connectivity index (χ4n) is 0.826. The van der Waals surface area contributed by atoms with E-state index in [9.17, 15) is 18.5 Å². The minimum absolute atomic E-state index is 0. The molecule has 14 heavy (non-hydrogen) atoms. The molecule has 8 heteroatoms. The van der Waals surface area contributed by atoms with E-state index in [0.717, 1.165) is 12.1 Å². The third-order valence-electron chi connectivity index (χ3n) is 1.34. The molecular formula is C6H5NNaO5S+. The maximum Gasteiger partial charge on any atom is 1.00 e. The van der Waals surface area contributed by atoms with E-state index in [-0.39, 0.29) is 29.6 Å². The van der Waals surface area contributed by atoms with Crippen molar-refractivity contribution in [1.82, 2.24) is 0 Å². The molecule has 6 nitrogen and oxygen atoms in total. The van der Waals surface area contributed by atoms with Crippen LogP contribution in [-0.2, 0) is 10.1 Å². The summed E-state index contributed by atoms with van der Waals surface area (Å²) in [6, 6.07) is 4.57. The minimum Gasteiger partial charge on any atom is -0.282 e. The summed E-state index contributed by atoms with van der Waals surface area (Å²) in [7, 11) is -4.52. The Hall–Kier alpha value is -0.470. The average Bonchev–Trinajstić information content (AvgIpc) is 2.03. The molecule has 1 rings (SSSR count). The Morgan fingerprint density at radius 1 is 1.29 bits per heavy atom. The van der Waals surface area contributed by atoms with Gasteiger partial charge >= 0.3 is 39.7 Å². The van der Waals surface area contributed by atoms with Gasteiger partial charge in [0, 0.05) is 6.07 Å². The van der Waals surface area contributed by atoms with Gasteiger partial charge in [0.05, 0.1) is 4.92 Å². The van der Waals surface area contributed by atoms with Crippen LogP contribution in [0.25, 0.3) is 0 Å². The molecule has 0 atom stereocenters. The monoisotopic (exact) mass is 226 g/mol. The summed E-state index contributed by atoms with van der Waals surface area (Å²) in [6.45, 7) is 0. The van der Waals surface area contributed by atoms with Gasteiger partial charge in [-0.15, -0.1) is 0 Å². The van der Waals surface area contributed by atoms with Gasteiger partial charge in [-0.3, -0.25) is 14.7 Å². The van der Waals surface area contributed by atoms with Crippen LogP contribution in [-0.4, -0.2) is 17.9 Å². The topological polar surface area (TPSA) is 97.5 Å². The summed E-state index contributed by atoms with van der Waals surface area (Å²) in [5.41, 5.74) is -0.634. The molecule has 0 radical (unpaired) electrons. The van der Waals surface area contributed by atoms with Crippen molar-refractivity contribution in [3.05, 3.63) is 34.4 Å². The molecular weight excluding hydrogens is 221 g/mol. The average molecular weight is 226 g/mol. The Balaban J connectivity index is 0.00000169. The zero-order chi connectivity index (χ0) is 10.1. The van der Waals surface area contributed by atoms with Crippen molar-refractivity contribution in [3.8, 4) is 0 Å². The molecule has 0 unspecified atom stereocenters. The Bertz CT molecular complexity index is 443. The zero-order valence-corrected chi connectivity index (χ0v) is 10.1. The summed E-state index contributed by atoms with van der Waals surface area (Å²) in [6.07, 6.45) is 0. The first kappa shape index (κ1) is 13.5. The number of hydrogen-bond acceptors (Lipinski definition) is 4. The molecule has 70 valence electrons. The maximum atomic E-state index is 10.6. The molecule has 0 amide bonds. The number of nitro benzene ring substituents is 1. The first-order valence-electron chi connectivity index (χ1n) is 3.14. The molecule has 0 heterocycles. The summed E-state index contributed by atoms with van der Waals surface area (Å²) >= 11 is 0. The van der Waals surface area contributed by atoms with E-state index in [0.29, 0.717) is 0 Å². The van der Waals surface area contributed by atoms with Crippen molar-refractivity contribution in [1.29, 1.82) is 0 Å². The van der Waals surface area contributed by atoms with Crippen molar-refractivity contribution >= 4 is 15.8 Å². The normalized spacial score (nSPS) is 10.4. The van der Waals surface area contributed by atoms with Crippen LogP contribution in [0.15, 0.2) is 29.2 Å². The second kappa shape index (κ2) is 4.85. The fraction of sp³-hybridized carbons (Fsp3) is 0. The van der Waals surface area contributed by atoms with Crippen LogP contribution in [0.4, 0.5) is 5.69 Å². The van der Waals surface area contributed by atoms with E-state index >= 15 is 0 Å². The first-order valence-corrected chi connectivity index (χ1v) is 4.58. The van der Waals surface area contributed by atoms with Gasteiger partial charge < -0.3 is 0 Å². The van der Waals surface area contributed by atoms with Gasteiger partial charge in [0.1, 0.15) is 0 Å². The Morgan fingerprint density at radius 2 is 1.79 bits per heavy atom. The zero-order valence-electron chi connectivity index (χ0n) is 7.25. The van der Waals surface area contributed by atoms with E-state index in [1.165, 1.54) is 12.1 Å². The molecule has 0 saturated carbocycles. The second-order valence-electron chi connectivity index (χ2n) is 2.20. The number of nitrogens with zero attached hydrogens (tertiary/aromatic N) is 1. The van der Waals surface area contributed by atoms with Gasteiger partial charge in [-0.1, -0.05) is 12.1 Å². The van der Waals surface area contributed by atoms with E-state index in [4.69, 9.17) is 4.55 Å². The van der Waals surface area contributed by atoms with Crippen molar-refractivity contribution in [2.45, 2.75) is 4.90 Å². The SMILES string of the molecule is O=[N+]([O-])c1ccccc1S(=O)(=O)O.[Na+]. The first-order chi connectivity index (χ1) is 5.93. The van der Waals surface area contributed by atoms with Crippen LogP contribution in [0, 0.1) is 10.1 Å². The summed E-state index contributed by atoms with van der Waals surface area (Å²) in [5.74, 6) is 0. The maximum absolute atomic E-state index is 10.6. The van der Waals surface area contributed by atoms with E-state index in [1.807, 2.05) is 0 Å². The molecule has 0 aliphatic rings. The van der Waals surface area contributed by atoms with Crippen LogP contribution < -0.4 is 29.6 Å². The van der Waals surface area contributed by atoms with Gasteiger partial charge in [-0.05, 0) is 6.07 Å². The number of benzene rings is 1. The van der Waals surface area contributed by atoms with E-state index in [1.54, 1.807) is 0 Å². The van der Waals surface area contributed by atoms with Gasteiger partial charge in [0.15, 0.2) is 4.90 Å². The van der Waals surface area contributed by atoms with Gasteiger partial charge in [-0.25, -0.2) is 0 Å². The molecule has 0 saturated heterocycles. The Labute approximate surface area is 102 Å². The smallest absolute Gasteiger partial charge is 0.282 e. The van der Waals surface area contributed by atoms with Crippen LogP contribution >= 0.6 is 0 Å². The molecule has 0 spiro atoms. The largest absolute Gasteiger partial charge is 1.00 e. The number of rotatable bonds is 2. The van der Waals surface area contributed by atoms with Crippen molar-refractivity contribution in [3.63, 3.8) is 0 Å². The van der Waals surface area contributed by atoms with Crippen LogP contribution in [0.1, 0.15) is 0 Å². The summed E-state index contributed by atoms with van der Waals surface area (Å²) in [4.78, 5) is 8.73. The van der Waals surface area contributed by atoms with Crippen LogP contribution in [0.3, 0.4) is 0 Å². The molecule has 1 N–H and O–H groups in total. The van der Waals surface area contributed by atoms with Crippen molar-refractivity contribution in [2.75, 3.05) is 0 Å². The van der Waals surface area contributed by atoms with Crippen LogP contribution in [0.5, 0.6) is 0 Å². The predicted molar refractivity (Wildman–Crippen MR) is 42.9 cm³/mol. The van der Waals surface area contributed by atoms with Crippen LogP contribution in [0.2, 0.25) is 0 Å². The van der Waals surface area contributed by atoms with Gasteiger partial charge in [0.2, 0.25) is 0 Å². The fourth-order valence-corrected chi connectivity index (χ4v) is 1.48. The number of hydrogen-bond donors (Lipinski definition) is 1. The second-order valence-corrected chi connectivity index (χ2v) is 3.59. The van der Waals surface area contributed by atoms with Crippen molar-refractivity contribution in [2.24, 2.45) is 0 Å². The standard InChI is InChI=1S/C6H5NO5S.Na/c8-7(9)5-3-1-2-4-6(5)13(10,11)12;/h1-4H,(H,10,11,12);/q;+1. The van der Waals surface area contributed by atoms with Crippen molar-refractivity contribution < 1.29 is 47.5 Å². The molecule has 1 aromatic rings. The number of para-hydroxylation sites is 1. The molecule has 1 aromatic carbocycles. The van der Waals surface area contributed by atoms with E-state index < -0.39 is 25.6 Å². The summed E-state index contributed by atoms with van der Waals surface area (Å²) in [5, 5.41) is 10.3. The van der Waals surface area contributed by atoms with E-state index in [2.05, 4.69) is 0 Å². The minimum atomic E-state index is -4.52. The molecule has 0 aliphatic carbocycles. The van der Waals surface area contributed by atoms with Gasteiger partial charge in [-0.2, -0.15) is 8.42 Å². The molecule has 0 aromatic heterocycles. The predicted octanol–water partition coefficient (Wildman–Crippen LogP) is -2.15. The Kier molecular flexibility index (Phi) is 4.69. The molecule has 0 bridgehead atoms. The molecule has 0 aliphatic heterocycles. The Morgan fingerprint density at radius 3 is 2.14 bits per heavy atom.